The van der Waals surface area contributed by atoms with Gasteiger partial charge in [-0.3, -0.25) is 4.79 Å². The molecule has 1 unspecified atom stereocenters. The topological polar surface area (TPSA) is 36.0 Å². The molecule has 3 rings (SSSR count). The highest BCUT2D eigenvalue weighted by molar-refractivity contribution is 5.79. The third-order valence-corrected chi connectivity index (χ3v) is 4.99. The Morgan fingerprint density at radius 3 is 2.57 bits per heavy atom. The fourth-order valence-electron chi connectivity index (χ4n) is 3.68. The summed E-state index contributed by atoms with van der Waals surface area (Å²) in [6.07, 6.45) is 2.17. The Hall–Kier alpha value is -1.75. The van der Waals surface area contributed by atoms with Crippen LogP contribution in [0, 0.1) is 5.92 Å². The predicted octanol–water partition coefficient (Wildman–Crippen LogP) is 1.69. The van der Waals surface area contributed by atoms with E-state index in [9.17, 15) is 4.79 Å². The standard InChI is InChI=1S/C18H27N3O2/c1-19-9-5-6-15(14-19)18(22)21-12-10-20(11-13-21)16-7-3-4-8-17(16)23-2/h3-4,7-8,15H,5-6,9-14H2,1-2H3. The van der Waals surface area contributed by atoms with Gasteiger partial charge in [0.25, 0.3) is 0 Å². The number of hydrogen-bond donors (Lipinski definition) is 0. The molecule has 1 atom stereocenters. The van der Waals surface area contributed by atoms with Gasteiger partial charge in [-0.05, 0) is 38.6 Å². The molecule has 0 spiro atoms. The van der Waals surface area contributed by atoms with Crippen molar-refractivity contribution in [3.63, 3.8) is 0 Å². The summed E-state index contributed by atoms with van der Waals surface area (Å²) in [5.41, 5.74) is 1.12. The zero-order valence-corrected chi connectivity index (χ0v) is 14.2. The Morgan fingerprint density at radius 1 is 1.13 bits per heavy atom. The van der Waals surface area contributed by atoms with Crippen LogP contribution in [-0.2, 0) is 4.79 Å². The summed E-state index contributed by atoms with van der Waals surface area (Å²) in [6.45, 7) is 5.37. The molecule has 2 aliphatic heterocycles. The molecule has 1 aromatic rings. The lowest BCUT2D eigenvalue weighted by atomic mass is 9.96. The smallest absolute Gasteiger partial charge is 0.227 e. The second kappa shape index (κ2) is 7.21. The summed E-state index contributed by atoms with van der Waals surface area (Å²) in [6, 6.07) is 8.10. The molecule has 0 aliphatic carbocycles. The molecule has 2 heterocycles. The number of hydrogen-bond acceptors (Lipinski definition) is 4. The van der Waals surface area contributed by atoms with E-state index in [1.54, 1.807) is 7.11 Å². The van der Waals surface area contributed by atoms with Gasteiger partial charge in [-0.1, -0.05) is 12.1 Å². The molecule has 0 bridgehead atoms. The molecule has 0 aromatic heterocycles. The van der Waals surface area contributed by atoms with Gasteiger partial charge in [-0.15, -0.1) is 0 Å². The number of nitrogens with zero attached hydrogens (tertiary/aromatic N) is 3. The molecule has 5 heteroatoms. The van der Waals surface area contributed by atoms with Crippen LogP contribution in [0.2, 0.25) is 0 Å². The molecule has 1 amide bonds. The number of likely N-dealkylation sites (tertiary alicyclic amines) is 1. The fourth-order valence-corrected chi connectivity index (χ4v) is 3.68. The van der Waals surface area contributed by atoms with E-state index in [1.165, 1.54) is 0 Å². The van der Waals surface area contributed by atoms with E-state index >= 15 is 0 Å². The number of methoxy groups -OCH3 is 1. The van der Waals surface area contributed by atoms with Crippen LogP contribution in [-0.4, -0.2) is 69.1 Å². The van der Waals surface area contributed by atoms with Crippen LogP contribution < -0.4 is 9.64 Å². The van der Waals surface area contributed by atoms with Crippen LogP contribution in [0.25, 0.3) is 0 Å². The predicted molar refractivity (Wildman–Crippen MR) is 92.0 cm³/mol. The summed E-state index contributed by atoms with van der Waals surface area (Å²) in [5.74, 6) is 1.43. The van der Waals surface area contributed by atoms with Gasteiger partial charge in [-0.25, -0.2) is 0 Å². The van der Waals surface area contributed by atoms with E-state index in [4.69, 9.17) is 4.74 Å². The Labute approximate surface area is 138 Å². The quantitative estimate of drug-likeness (QED) is 0.850. The minimum Gasteiger partial charge on any atom is -0.495 e. The highest BCUT2D eigenvalue weighted by Gasteiger charge is 2.30. The molecule has 2 aliphatic rings. The Kier molecular flexibility index (Phi) is 5.06. The highest BCUT2D eigenvalue weighted by atomic mass is 16.5. The van der Waals surface area contributed by atoms with Crippen molar-refractivity contribution >= 4 is 11.6 Å². The average Bonchev–Trinajstić information content (AvgIpc) is 2.61. The molecule has 126 valence electrons. The summed E-state index contributed by atoms with van der Waals surface area (Å²) in [4.78, 5) is 19.4. The van der Waals surface area contributed by atoms with Crippen LogP contribution in [0.1, 0.15) is 12.8 Å². The summed E-state index contributed by atoms with van der Waals surface area (Å²) < 4.78 is 5.45. The number of carbonyl (C=O) groups is 1. The van der Waals surface area contributed by atoms with Gasteiger partial charge in [0.2, 0.25) is 5.91 Å². The van der Waals surface area contributed by atoms with E-state index in [2.05, 4.69) is 27.8 Å². The number of carbonyl (C=O) groups excluding carboxylic acids is 1. The van der Waals surface area contributed by atoms with Gasteiger partial charge in [0.15, 0.2) is 0 Å². The van der Waals surface area contributed by atoms with Crippen molar-refractivity contribution < 1.29 is 9.53 Å². The molecule has 5 nitrogen and oxygen atoms in total. The zero-order chi connectivity index (χ0) is 16.2. The van der Waals surface area contributed by atoms with Crippen LogP contribution in [0.15, 0.2) is 24.3 Å². The number of anilines is 1. The molecular formula is C18H27N3O2. The maximum Gasteiger partial charge on any atom is 0.227 e. The summed E-state index contributed by atoms with van der Waals surface area (Å²) >= 11 is 0. The normalized spacial score (nSPS) is 23.0. The first-order valence-electron chi connectivity index (χ1n) is 8.54. The van der Waals surface area contributed by atoms with Crippen LogP contribution in [0.4, 0.5) is 5.69 Å². The first-order valence-corrected chi connectivity index (χ1v) is 8.54. The van der Waals surface area contributed by atoms with Crippen molar-refractivity contribution in [3.8, 4) is 5.75 Å². The molecule has 0 radical (unpaired) electrons. The lowest BCUT2D eigenvalue weighted by Gasteiger charge is -2.39. The lowest BCUT2D eigenvalue weighted by molar-refractivity contribution is -0.137. The largest absolute Gasteiger partial charge is 0.495 e. The molecular weight excluding hydrogens is 290 g/mol. The van der Waals surface area contributed by atoms with E-state index in [-0.39, 0.29) is 5.92 Å². The third-order valence-electron chi connectivity index (χ3n) is 4.99. The van der Waals surface area contributed by atoms with Crippen molar-refractivity contribution in [2.24, 2.45) is 5.92 Å². The lowest BCUT2D eigenvalue weighted by Crippen LogP contribution is -2.52. The number of ether oxygens (including phenoxy) is 1. The molecule has 2 fully saturated rings. The van der Waals surface area contributed by atoms with Crippen LogP contribution >= 0.6 is 0 Å². The summed E-state index contributed by atoms with van der Waals surface area (Å²) in [7, 11) is 3.82. The van der Waals surface area contributed by atoms with Crippen LogP contribution in [0.5, 0.6) is 5.75 Å². The fraction of sp³-hybridized carbons (Fsp3) is 0.611. The molecule has 0 N–H and O–H groups in total. The van der Waals surface area contributed by atoms with Crippen LogP contribution in [0.3, 0.4) is 0 Å². The number of piperidine rings is 1. The van der Waals surface area contributed by atoms with E-state index in [0.29, 0.717) is 5.91 Å². The first kappa shape index (κ1) is 16.1. The molecule has 1 aromatic carbocycles. The SMILES string of the molecule is COc1ccccc1N1CCN(C(=O)C2CCCN(C)C2)CC1. The van der Waals surface area contributed by atoms with Gasteiger partial charge in [-0.2, -0.15) is 0 Å². The van der Waals surface area contributed by atoms with E-state index < -0.39 is 0 Å². The Balaban J connectivity index is 1.59. The number of para-hydroxylation sites is 2. The molecule has 23 heavy (non-hydrogen) atoms. The van der Waals surface area contributed by atoms with Crippen molar-refractivity contribution in [3.05, 3.63) is 24.3 Å². The number of rotatable bonds is 3. The molecule has 2 saturated heterocycles. The minimum absolute atomic E-state index is 0.187. The van der Waals surface area contributed by atoms with Gasteiger partial charge >= 0.3 is 0 Å². The highest BCUT2D eigenvalue weighted by Crippen LogP contribution is 2.28. The number of piperazine rings is 1. The van der Waals surface area contributed by atoms with Gasteiger partial charge in [0, 0.05) is 32.7 Å². The van der Waals surface area contributed by atoms with E-state index in [0.717, 1.165) is 63.5 Å². The van der Waals surface area contributed by atoms with Crippen molar-refractivity contribution in [2.45, 2.75) is 12.8 Å². The number of amides is 1. The van der Waals surface area contributed by atoms with Crippen molar-refractivity contribution in [1.29, 1.82) is 0 Å². The minimum atomic E-state index is 0.187. The van der Waals surface area contributed by atoms with Crippen molar-refractivity contribution in [1.82, 2.24) is 9.80 Å². The second-order valence-electron chi connectivity index (χ2n) is 6.59. The Morgan fingerprint density at radius 2 is 1.87 bits per heavy atom. The maximum atomic E-state index is 12.7. The van der Waals surface area contributed by atoms with E-state index in [1.807, 2.05) is 18.2 Å². The first-order chi connectivity index (χ1) is 11.2. The summed E-state index contributed by atoms with van der Waals surface area (Å²) in [5, 5.41) is 0. The Bertz CT molecular complexity index is 541. The zero-order valence-electron chi connectivity index (χ0n) is 14.2. The van der Waals surface area contributed by atoms with Gasteiger partial charge in [0.05, 0.1) is 18.7 Å². The maximum absolute atomic E-state index is 12.7. The average molecular weight is 317 g/mol. The second-order valence-corrected chi connectivity index (χ2v) is 6.59. The monoisotopic (exact) mass is 317 g/mol. The van der Waals surface area contributed by atoms with Crippen molar-refractivity contribution in [2.75, 3.05) is 58.3 Å². The number of benzene rings is 1. The van der Waals surface area contributed by atoms with Gasteiger partial charge < -0.3 is 19.4 Å². The van der Waals surface area contributed by atoms with Gasteiger partial charge in [0.1, 0.15) is 5.75 Å². The molecule has 0 saturated carbocycles. The third kappa shape index (κ3) is 3.61.